The standard InChI is InChI=1S/C15H19NO6/c1-2-10-21-14(17)8-5-9-15(18)22-11-12-6-3-4-7-13(12)16(19)20/h3-4,6-7H,2,5,8-11H2,1H3. The van der Waals surface area contributed by atoms with E-state index in [4.69, 9.17) is 9.47 Å². The lowest BCUT2D eigenvalue weighted by molar-refractivity contribution is -0.385. The van der Waals surface area contributed by atoms with Crippen LogP contribution < -0.4 is 0 Å². The Bertz CT molecular complexity index is 529. The number of hydrogen-bond acceptors (Lipinski definition) is 6. The monoisotopic (exact) mass is 309 g/mol. The van der Waals surface area contributed by atoms with Crippen molar-refractivity contribution >= 4 is 17.6 Å². The number of nitro groups is 1. The number of ether oxygens (including phenoxy) is 2. The summed E-state index contributed by atoms with van der Waals surface area (Å²) in [5.74, 6) is -0.838. The Morgan fingerprint density at radius 2 is 1.77 bits per heavy atom. The predicted molar refractivity (Wildman–Crippen MR) is 78.0 cm³/mol. The Labute approximate surface area is 128 Å². The Morgan fingerprint density at radius 3 is 2.41 bits per heavy atom. The molecule has 0 fully saturated rings. The average Bonchev–Trinajstić information content (AvgIpc) is 2.51. The fourth-order valence-corrected chi connectivity index (χ4v) is 1.71. The lowest BCUT2D eigenvalue weighted by atomic mass is 10.2. The number of hydrogen-bond donors (Lipinski definition) is 0. The predicted octanol–water partition coefficient (Wildman–Crippen LogP) is 2.76. The van der Waals surface area contributed by atoms with Crippen LogP contribution in [0.5, 0.6) is 0 Å². The molecule has 0 spiro atoms. The number of benzene rings is 1. The van der Waals surface area contributed by atoms with E-state index in [9.17, 15) is 19.7 Å². The molecule has 0 radical (unpaired) electrons. The molecule has 0 aliphatic rings. The van der Waals surface area contributed by atoms with E-state index in [-0.39, 0.29) is 31.1 Å². The van der Waals surface area contributed by atoms with Crippen LogP contribution in [0.2, 0.25) is 0 Å². The highest BCUT2D eigenvalue weighted by atomic mass is 16.6. The first kappa shape index (κ1) is 17.6. The summed E-state index contributed by atoms with van der Waals surface area (Å²) in [6.45, 7) is 2.12. The molecule has 0 amide bonds. The third kappa shape index (κ3) is 6.34. The van der Waals surface area contributed by atoms with Gasteiger partial charge in [0.1, 0.15) is 6.61 Å². The zero-order valence-electron chi connectivity index (χ0n) is 12.4. The van der Waals surface area contributed by atoms with E-state index < -0.39 is 10.9 Å². The fraction of sp³-hybridized carbons (Fsp3) is 0.467. The maximum absolute atomic E-state index is 11.5. The van der Waals surface area contributed by atoms with Crippen LogP contribution in [0.1, 0.15) is 38.2 Å². The summed E-state index contributed by atoms with van der Waals surface area (Å²) in [5.41, 5.74) is 0.252. The summed E-state index contributed by atoms with van der Waals surface area (Å²) in [7, 11) is 0. The molecule has 1 rings (SSSR count). The summed E-state index contributed by atoms with van der Waals surface area (Å²) >= 11 is 0. The summed E-state index contributed by atoms with van der Waals surface area (Å²) in [6, 6.07) is 6.08. The van der Waals surface area contributed by atoms with Gasteiger partial charge in [-0.3, -0.25) is 19.7 Å². The van der Waals surface area contributed by atoms with Crippen molar-refractivity contribution in [2.45, 2.75) is 39.2 Å². The molecular weight excluding hydrogens is 290 g/mol. The van der Waals surface area contributed by atoms with E-state index in [0.717, 1.165) is 6.42 Å². The zero-order chi connectivity index (χ0) is 16.4. The Morgan fingerprint density at radius 1 is 1.14 bits per heavy atom. The third-order valence-corrected chi connectivity index (χ3v) is 2.81. The maximum Gasteiger partial charge on any atom is 0.306 e. The average molecular weight is 309 g/mol. The van der Waals surface area contributed by atoms with Crippen molar-refractivity contribution in [1.29, 1.82) is 0 Å². The fourth-order valence-electron chi connectivity index (χ4n) is 1.71. The highest BCUT2D eigenvalue weighted by molar-refractivity contribution is 5.72. The van der Waals surface area contributed by atoms with Gasteiger partial charge in [-0.2, -0.15) is 0 Å². The molecule has 7 heteroatoms. The van der Waals surface area contributed by atoms with E-state index in [1.807, 2.05) is 6.92 Å². The highest BCUT2D eigenvalue weighted by Gasteiger charge is 2.14. The molecule has 120 valence electrons. The minimum Gasteiger partial charge on any atom is -0.466 e. The second-order valence-corrected chi connectivity index (χ2v) is 4.62. The first-order chi connectivity index (χ1) is 10.5. The second kappa shape index (κ2) is 9.49. The quantitative estimate of drug-likeness (QED) is 0.395. The number of esters is 2. The summed E-state index contributed by atoms with van der Waals surface area (Å²) < 4.78 is 9.86. The van der Waals surface area contributed by atoms with E-state index in [1.165, 1.54) is 12.1 Å². The van der Waals surface area contributed by atoms with Crippen LogP contribution in [0.3, 0.4) is 0 Å². The molecule has 0 aliphatic carbocycles. The van der Waals surface area contributed by atoms with Crippen molar-refractivity contribution in [3.63, 3.8) is 0 Å². The van der Waals surface area contributed by atoms with E-state index in [0.29, 0.717) is 18.6 Å². The van der Waals surface area contributed by atoms with Gasteiger partial charge in [0, 0.05) is 18.9 Å². The lowest BCUT2D eigenvalue weighted by Crippen LogP contribution is -2.09. The lowest BCUT2D eigenvalue weighted by Gasteiger charge is -2.06. The smallest absolute Gasteiger partial charge is 0.306 e. The third-order valence-electron chi connectivity index (χ3n) is 2.81. The molecule has 0 aliphatic heterocycles. The van der Waals surface area contributed by atoms with Gasteiger partial charge in [0.15, 0.2) is 0 Å². The molecule has 0 atom stereocenters. The zero-order valence-corrected chi connectivity index (χ0v) is 12.4. The Kier molecular flexibility index (Phi) is 7.60. The molecule has 0 saturated heterocycles. The number of para-hydroxylation sites is 1. The van der Waals surface area contributed by atoms with Crippen LogP contribution in [0.4, 0.5) is 5.69 Å². The molecule has 1 aromatic carbocycles. The largest absolute Gasteiger partial charge is 0.466 e. The highest BCUT2D eigenvalue weighted by Crippen LogP contribution is 2.18. The Balaban J connectivity index is 2.32. The van der Waals surface area contributed by atoms with Crippen molar-refractivity contribution in [3.05, 3.63) is 39.9 Å². The SMILES string of the molecule is CCCOC(=O)CCCC(=O)OCc1ccccc1[N+](=O)[O-]. The number of carbonyl (C=O) groups is 2. The van der Waals surface area contributed by atoms with Crippen molar-refractivity contribution < 1.29 is 24.0 Å². The minimum atomic E-state index is -0.521. The van der Waals surface area contributed by atoms with Crippen LogP contribution in [-0.4, -0.2) is 23.5 Å². The topological polar surface area (TPSA) is 95.7 Å². The molecule has 22 heavy (non-hydrogen) atoms. The molecule has 0 heterocycles. The summed E-state index contributed by atoms with van der Waals surface area (Å²) in [6.07, 6.45) is 1.31. The normalized spacial score (nSPS) is 10.0. The first-order valence-corrected chi connectivity index (χ1v) is 7.08. The van der Waals surface area contributed by atoms with Gasteiger partial charge in [-0.25, -0.2) is 0 Å². The number of rotatable bonds is 9. The number of carbonyl (C=O) groups excluding carboxylic acids is 2. The van der Waals surface area contributed by atoms with Gasteiger partial charge in [0.25, 0.3) is 5.69 Å². The van der Waals surface area contributed by atoms with Gasteiger partial charge in [-0.05, 0) is 18.9 Å². The summed E-state index contributed by atoms with van der Waals surface area (Å²) in [5, 5.41) is 10.8. The molecule has 0 bridgehead atoms. The van der Waals surface area contributed by atoms with Crippen molar-refractivity contribution in [1.82, 2.24) is 0 Å². The summed E-state index contributed by atoms with van der Waals surface area (Å²) in [4.78, 5) is 33.1. The van der Waals surface area contributed by atoms with Gasteiger partial charge >= 0.3 is 11.9 Å². The van der Waals surface area contributed by atoms with Crippen LogP contribution in [0, 0.1) is 10.1 Å². The molecule has 0 saturated carbocycles. The maximum atomic E-state index is 11.5. The van der Waals surface area contributed by atoms with Crippen LogP contribution in [-0.2, 0) is 25.7 Å². The molecule has 0 unspecified atom stereocenters. The van der Waals surface area contributed by atoms with Crippen molar-refractivity contribution in [2.75, 3.05) is 6.61 Å². The van der Waals surface area contributed by atoms with Gasteiger partial charge in [-0.15, -0.1) is 0 Å². The van der Waals surface area contributed by atoms with Crippen LogP contribution in [0.15, 0.2) is 24.3 Å². The van der Waals surface area contributed by atoms with Crippen LogP contribution >= 0.6 is 0 Å². The number of nitrogens with zero attached hydrogens (tertiary/aromatic N) is 1. The van der Waals surface area contributed by atoms with Gasteiger partial charge in [0.2, 0.25) is 0 Å². The van der Waals surface area contributed by atoms with Crippen LogP contribution in [0.25, 0.3) is 0 Å². The molecule has 1 aromatic rings. The van der Waals surface area contributed by atoms with Crippen molar-refractivity contribution in [2.24, 2.45) is 0 Å². The first-order valence-electron chi connectivity index (χ1n) is 7.08. The second-order valence-electron chi connectivity index (χ2n) is 4.62. The Hall–Kier alpha value is -2.44. The number of nitro benzene ring substituents is 1. The van der Waals surface area contributed by atoms with Gasteiger partial charge in [-0.1, -0.05) is 19.1 Å². The molecular formula is C15H19NO6. The molecule has 0 N–H and O–H groups in total. The molecule has 0 aromatic heterocycles. The minimum absolute atomic E-state index is 0.0713. The van der Waals surface area contributed by atoms with Gasteiger partial charge < -0.3 is 9.47 Å². The van der Waals surface area contributed by atoms with Gasteiger partial charge in [0.05, 0.1) is 17.1 Å². The van der Waals surface area contributed by atoms with E-state index in [2.05, 4.69) is 0 Å². The van der Waals surface area contributed by atoms with Crippen molar-refractivity contribution in [3.8, 4) is 0 Å². The van der Waals surface area contributed by atoms with E-state index >= 15 is 0 Å². The van der Waals surface area contributed by atoms with E-state index in [1.54, 1.807) is 12.1 Å². The molecule has 7 nitrogen and oxygen atoms in total.